The van der Waals surface area contributed by atoms with Gasteiger partial charge in [-0.05, 0) is 61.7 Å². The van der Waals surface area contributed by atoms with Crippen LogP contribution in [-0.2, 0) is 6.42 Å². The van der Waals surface area contributed by atoms with Crippen LogP contribution in [0.4, 0.5) is 0 Å². The van der Waals surface area contributed by atoms with Gasteiger partial charge < -0.3 is 15.3 Å². The van der Waals surface area contributed by atoms with E-state index in [2.05, 4.69) is 34.0 Å². The van der Waals surface area contributed by atoms with Crippen molar-refractivity contribution in [1.29, 1.82) is 0 Å². The summed E-state index contributed by atoms with van der Waals surface area (Å²) in [6.45, 7) is 6.00. The van der Waals surface area contributed by atoms with E-state index in [0.29, 0.717) is 12.6 Å². The number of aliphatic hydroxyl groups excluding tert-OH is 1. The lowest BCUT2D eigenvalue weighted by Gasteiger charge is -2.21. The molecule has 0 aromatic carbocycles. The minimum atomic E-state index is -0.243. The third kappa shape index (κ3) is 4.69. The maximum absolute atomic E-state index is 9.98. The molecule has 0 saturated carbocycles. The van der Waals surface area contributed by atoms with Crippen molar-refractivity contribution in [3.63, 3.8) is 0 Å². The van der Waals surface area contributed by atoms with Crippen molar-refractivity contribution < 1.29 is 5.11 Å². The van der Waals surface area contributed by atoms with Gasteiger partial charge in [-0.2, -0.15) is 11.3 Å². The Kier molecular flexibility index (Phi) is 5.63. The summed E-state index contributed by atoms with van der Waals surface area (Å²) in [6, 6.07) is 2.59. The van der Waals surface area contributed by atoms with E-state index in [4.69, 9.17) is 0 Å². The van der Waals surface area contributed by atoms with Gasteiger partial charge in [-0.25, -0.2) is 0 Å². The molecule has 1 saturated heterocycles. The maximum atomic E-state index is 9.98. The maximum Gasteiger partial charge on any atom is 0.0791 e. The third-order valence-electron chi connectivity index (χ3n) is 3.49. The third-order valence-corrected chi connectivity index (χ3v) is 4.22. The lowest BCUT2D eigenvalue weighted by Crippen LogP contribution is -2.40. The van der Waals surface area contributed by atoms with Gasteiger partial charge in [-0.15, -0.1) is 0 Å². The number of nitrogens with zero attached hydrogens (tertiary/aromatic N) is 1. The van der Waals surface area contributed by atoms with Crippen molar-refractivity contribution >= 4 is 11.3 Å². The molecule has 2 N–H and O–H groups in total. The summed E-state index contributed by atoms with van der Waals surface area (Å²) in [6.07, 6.45) is 3.37. The highest BCUT2D eigenvalue weighted by atomic mass is 32.1. The van der Waals surface area contributed by atoms with Crippen LogP contribution in [0.2, 0.25) is 0 Å². The van der Waals surface area contributed by atoms with E-state index in [1.807, 2.05) is 0 Å². The molecule has 2 heterocycles. The van der Waals surface area contributed by atoms with Crippen molar-refractivity contribution in [2.75, 3.05) is 26.2 Å². The number of likely N-dealkylation sites (tertiary alicyclic amines) is 1. The molecular formula is C14H24N2OS. The Morgan fingerprint density at radius 3 is 2.89 bits per heavy atom. The van der Waals surface area contributed by atoms with Crippen LogP contribution in [0.5, 0.6) is 0 Å². The average Bonchev–Trinajstić information content (AvgIpc) is 2.99. The number of aliphatic hydroxyl groups is 1. The number of rotatable bonds is 7. The molecule has 2 rings (SSSR count). The van der Waals surface area contributed by atoms with Crippen molar-refractivity contribution in [3.05, 3.63) is 22.4 Å². The van der Waals surface area contributed by atoms with E-state index in [1.54, 1.807) is 11.3 Å². The molecule has 0 spiro atoms. The second-order valence-corrected chi connectivity index (χ2v) is 6.09. The van der Waals surface area contributed by atoms with Crippen molar-refractivity contribution in [2.45, 2.75) is 38.3 Å². The Bertz CT molecular complexity index is 323. The first-order chi connectivity index (χ1) is 8.74. The standard InChI is InChI=1S/C14H24N2OS/c1-12(8-13-4-7-18-11-13)15-9-14(17)10-16-5-2-3-6-16/h4,7,11-12,14-15,17H,2-3,5-6,8-10H2,1H3. The van der Waals surface area contributed by atoms with Crippen LogP contribution in [0.3, 0.4) is 0 Å². The SMILES string of the molecule is CC(Cc1ccsc1)NCC(O)CN1CCCC1. The molecule has 1 fully saturated rings. The molecular weight excluding hydrogens is 244 g/mol. The molecule has 2 unspecified atom stereocenters. The first-order valence-electron chi connectivity index (χ1n) is 6.89. The first-order valence-corrected chi connectivity index (χ1v) is 7.83. The zero-order valence-corrected chi connectivity index (χ0v) is 12.0. The van der Waals surface area contributed by atoms with Crippen LogP contribution in [0.1, 0.15) is 25.3 Å². The lowest BCUT2D eigenvalue weighted by molar-refractivity contribution is 0.121. The van der Waals surface area contributed by atoms with E-state index < -0.39 is 0 Å². The summed E-state index contributed by atoms with van der Waals surface area (Å²) in [5.74, 6) is 0. The molecule has 0 amide bonds. The van der Waals surface area contributed by atoms with E-state index in [9.17, 15) is 5.11 Å². The molecule has 3 nitrogen and oxygen atoms in total. The Hall–Kier alpha value is -0.420. The Morgan fingerprint density at radius 1 is 1.44 bits per heavy atom. The highest BCUT2D eigenvalue weighted by molar-refractivity contribution is 7.07. The largest absolute Gasteiger partial charge is 0.390 e. The fourth-order valence-corrected chi connectivity index (χ4v) is 3.18. The van der Waals surface area contributed by atoms with Gasteiger partial charge in [-0.3, -0.25) is 0 Å². The number of hydrogen-bond acceptors (Lipinski definition) is 4. The van der Waals surface area contributed by atoms with Gasteiger partial charge >= 0.3 is 0 Å². The van der Waals surface area contributed by atoms with Crippen LogP contribution >= 0.6 is 11.3 Å². The molecule has 4 heteroatoms. The quantitative estimate of drug-likeness (QED) is 0.790. The van der Waals surface area contributed by atoms with Crippen molar-refractivity contribution in [2.24, 2.45) is 0 Å². The van der Waals surface area contributed by atoms with Crippen molar-refractivity contribution in [1.82, 2.24) is 10.2 Å². The van der Waals surface area contributed by atoms with Crippen LogP contribution in [0.15, 0.2) is 16.8 Å². The molecule has 2 atom stereocenters. The molecule has 18 heavy (non-hydrogen) atoms. The summed E-state index contributed by atoms with van der Waals surface area (Å²) in [4.78, 5) is 2.36. The summed E-state index contributed by atoms with van der Waals surface area (Å²) >= 11 is 1.74. The highest BCUT2D eigenvalue weighted by Crippen LogP contribution is 2.09. The van der Waals surface area contributed by atoms with Gasteiger partial charge in [0.1, 0.15) is 0 Å². The minimum absolute atomic E-state index is 0.243. The second kappa shape index (κ2) is 7.24. The van der Waals surface area contributed by atoms with E-state index in [0.717, 1.165) is 26.1 Å². The van der Waals surface area contributed by atoms with Crippen molar-refractivity contribution in [3.8, 4) is 0 Å². The Labute approximate surface area is 114 Å². The summed E-state index contributed by atoms with van der Waals surface area (Å²) in [5.41, 5.74) is 1.38. The highest BCUT2D eigenvalue weighted by Gasteiger charge is 2.16. The predicted octanol–water partition coefficient (Wildman–Crippen LogP) is 1.73. The molecule has 1 aromatic heterocycles. The van der Waals surface area contributed by atoms with Gasteiger partial charge in [0, 0.05) is 19.1 Å². The molecule has 1 aliphatic rings. The summed E-state index contributed by atoms with van der Waals surface area (Å²) in [5, 5.41) is 17.7. The number of thiophene rings is 1. The first kappa shape index (κ1) is 14.0. The number of hydrogen-bond donors (Lipinski definition) is 2. The second-order valence-electron chi connectivity index (χ2n) is 5.31. The Balaban J connectivity index is 1.61. The molecule has 0 radical (unpaired) electrons. The number of nitrogens with one attached hydrogen (secondary N) is 1. The zero-order chi connectivity index (χ0) is 12.8. The summed E-state index contributed by atoms with van der Waals surface area (Å²) < 4.78 is 0. The smallest absolute Gasteiger partial charge is 0.0791 e. The van der Waals surface area contributed by atoms with Gasteiger partial charge in [0.25, 0.3) is 0 Å². The van der Waals surface area contributed by atoms with Crippen LogP contribution in [-0.4, -0.2) is 48.3 Å². The summed E-state index contributed by atoms with van der Waals surface area (Å²) in [7, 11) is 0. The molecule has 102 valence electrons. The molecule has 1 aromatic rings. The molecule has 0 aliphatic carbocycles. The minimum Gasteiger partial charge on any atom is -0.390 e. The van der Waals surface area contributed by atoms with E-state index in [1.165, 1.54) is 18.4 Å². The zero-order valence-electron chi connectivity index (χ0n) is 11.1. The van der Waals surface area contributed by atoms with Gasteiger partial charge in [-0.1, -0.05) is 0 Å². The predicted molar refractivity (Wildman–Crippen MR) is 77.2 cm³/mol. The Morgan fingerprint density at radius 2 is 2.22 bits per heavy atom. The number of β-amino-alcohol motifs (C(OH)–C–C–N with tert-alkyl or cyclic N) is 1. The van der Waals surface area contributed by atoms with Crippen LogP contribution in [0.25, 0.3) is 0 Å². The van der Waals surface area contributed by atoms with Gasteiger partial charge in [0.05, 0.1) is 6.10 Å². The molecule has 0 bridgehead atoms. The molecule has 1 aliphatic heterocycles. The monoisotopic (exact) mass is 268 g/mol. The van der Waals surface area contributed by atoms with Gasteiger partial charge in [0.15, 0.2) is 0 Å². The average molecular weight is 268 g/mol. The lowest BCUT2D eigenvalue weighted by atomic mass is 10.1. The van der Waals surface area contributed by atoms with E-state index in [-0.39, 0.29) is 6.10 Å². The van der Waals surface area contributed by atoms with Crippen LogP contribution < -0.4 is 5.32 Å². The normalized spacial score (nSPS) is 20.1. The fourth-order valence-electron chi connectivity index (χ4n) is 2.50. The van der Waals surface area contributed by atoms with Gasteiger partial charge in [0.2, 0.25) is 0 Å². The van der Waals surface area contributed by atoms with Crippen LogP contribution in [0, 0.1) is 0 Å². The topological polar surface area (TPSA) is 35.5 Å². The fraction of sp³-hybridized carbons (Fsp3) is 0.714. The van der Waals surface area contributed by atoms with E-state index >= 15 is 0 Å².